The minimum Gasteiger partial charge on any atom is -0.453 e. The summed E-state index contributed by atoms with van der Waals surface area (Å²) in [7, 11) is -2.44. The molecule has 0 unspecified atom stereocenters. The van der Waals surface area contributed by atoms with Crippen molar-refractivity contribution in [3.05, 3.63) is 78.2 Å². The average Bonchev–Trinajstić information content (AvgIpc) is 3.31. The van der Waals surface area contributed by atoms with E-state index in [-0.39, 0.29) is 39.9 Å². The Hall–Kier alpha value is -3.49. The maximum absolute atomic E-state index is 14.8. The maximum Gasteiger partial charge on any atom is 0.252 e. The van der Waals surface area contributed by atoms with E-state index in [1.165, 1.54) is 43.6 Å². The number of aromatic nitrogens is 1. The van der Waals surface area contributed by atoms with Crippen LogP contribution in [0.4, 0.5) is 10.1 Å². The van der Waals surface area contributed by atoms with Gasteiger partial charge in [-0.25, -0.2) is 12.8 Å². The molecule has 0 saturated carbocycles. The van der Waals surface area contributed by atoms with Crippen LogP contribution in [-0.2, 0) is 26.0 Å². The van der Waals surface area contributed by atoms with Crippen LogP contribution in [0.5, 0.6) is 11.5 Å². The molecule has 0 saturated heterocycles. The zero-order valence-electron chi connectivity index (χ0n) is 19.4. The van der Waals surface area contributed by atoms with Gasteiger partial charge in [-0.05, 0) is 36.0 Å². The Bertz CT molecular complexity index is 1540. The van der Waals surface area contributed by atoms with Gasteiger partial charge in [-0.1, -0.05) is 30.3 Å². The third-order valence-corrected chi connectivity index (χ3v) is 8.07. The Balaban J connectivity index is 1.44. The lowest BCUT2D eigenvalue weighted by atomic mass is 10.1. The highest BCUT2D eigenvalue weighted by molar-refractivity contribution is 7.91. The van der Waals surface area contributed by atoms with Gasteiger partial charge in [-0.2, -0.15) is 4.72 Å². The summed E-state index contributed by atoms with van der Waals surface area (Å²) in [5.41, 5.74) is 1.53. The first kappa shape index (κ1) is 26.6. The molecule has 0 fully saturated rings. The van der Waals surface area contributed by atoms with Crippen molar-refractivity contribution in [2.24, 2.45) is 0 Å². The molecule has 37 heavy (non-hydrogen) atoms. The second-order valence-electron chi connectivity index (χ2n) is 7.58. The van der Waals surface area contributed by atoms with Crippen LogP contribution in [0.3, 0.4) is 0 Å². The van der Waals surface area contributed by atoms with Crippen LogP contribution in [0.1, 0.15) is 5.56 Å². The number of nitrogens with zero attached hydrogens (tertiary/aromatic N) is 1. The Morgan fingerprint density at radius 1 is 1.11 bits per heavy atom. The van der Waals surface area contributed by atoms with Crippen molar-refractivity contribution >= 4 is 60.5 Å². The van der Waals surface area contributed by atoms with Crippen molar-refractivity contribution in [1.29, 1.82) is 0 Å². The fraction of sp³-hybridized carbons (Fsp3) is 0.125. The van der Waals surface area contributed by atoms with Crippen molar-refractivity contribution in [3.63, 3.8) is 0 Å². The molecule has 2 heterocycles. The molecule has 0 atom stereocenters. The number of carbonyl (C=O) groups excluding carboxylic acids is 1. The second kappa shape index (κ2) is 11.7. The van der Waals surface area contributed by atoms with Crippen LogP contribution in [-0.4, -0.2) is 38.3 Å². The Morgan fingerprint density at radius 3 is 2.62 bits per heavy atom. The molecule has 9 nitrogen and oxygen atoms in total. The zero-order valence-corrected chi connectivity index (χ0v) is 21.8. The lowest BCUT2D eigenvalue weighted by Crippen LogP contribution is -2.35. The van der Waals surface area contributed by atoms with Gasteiger partial charge in [0.1, 0.15) is 16.7 Å². The number of hydrogen-bond acceptors (Lipinski definition) is 8. The molecule has 0 spiro atoms. The van der Waals surface area contributed by atoms with E-state index in [0.717, 1.165) is 16.9 Å². The summed E-state index contributed by atoms with van der Waals surface area (Å²) in [4.78, 5) is 16.3. The lowest BCUT2D eigenvalue weighted by Gasteiger charge is -2.12. The molecule has 13 heteroatoms. The average molecular weight is 561 g/mol. The molecular weight excluding hydrogens is 539 g/mol. The van der Waals surface area contributed by atoms with Gasteiger partial charge in [0.05, 0.1) is 16.6 Å². The van der Waals surface area contributed by atoms with Crippen LogP contribution in [0.15, 0.2) is 71.1 Å². The number of benzene rings is 2. The summed E-state index contributed by atoms with van der Waals surface area (Å²) in [6, 6.07) is 16.2. The monoisotopic (exact) mass is 560 g/mol. The van der Waals surface area contributed by atoms with Crippen molar-refractivity contribution in [3.8, 4) is 11.5 Å². The minimum absolute atomic E-state index is 0.0194. The number of rotatable bonds is 9. The van der Waals surface area contributed by atoms with E-state index in [0.29, 0.717) is 15.9 Å². The number of amides is 1. The number of nitrogens with one attached hydrogen (secondary N) is 3. The molecule has 4 aromatic rings. The number of fused-ring (bicyclic) bond motifs is 1. The standard InChI is InChI=1S/C24H21FN4O5S3/c1-33-14-27-37(31,32)22-13-18-23(36-22)20(9-10-26-18)34-19-8-7-16(12-17(19)25)28-24(35)29-21(30)11-15-5-3-2-4-6-15/h2-10,12-13,27H,11,14H2,1H3,(H2,28,29,30,35). The van der Waals surface area contributed by atoms with E-state index < -0.39 is 15.8 Å². The van der Waals surface area contributed by atoms with Crippen LogP contribution < -0.4 is 20.1 Å². The van der Waals surface area contributed by atoms with Crippen LogP contribution in [0, 0.1) is 5.82 Å². The number of anilines is 1. The molecular formula is C24H21FN4O5S3. The normalized spacial score (nSPS) is 11.3. The van der Waals surface area contributed by atoms with Gasteiger partial charge in [0, 0.05) is 31.1 Å². The van der Waals surface area contributed by atoms with Gasteiger partial charge in [-0.3, -0.25) is 9.78 Å². The summed E-state index contributed by atoms with van der Waals surface area (Å²) in [5.74, 6) is -0.848. The smallest absolute Gasteiger partial charge is 0.252 e. The minimum atomic E-state index is -3.80. The first-order valence-corrected chi connectivity index (χ1v) is 13.5. The van der Waals surface area contributed by atoms with E-state index in [1.807, 2.05) is 30.3 Å². The zero-order chi connectivity index (χ0) is 26.4. The predicted octanol–water partition coefficient (Wildman–Crippen LogP) is 4.17. The van der Waals surface area contributed by atoms with Gasteiger partial charge in [0.2, 0.25) is 5.91 Å². The topological polar surface area (TPSA) is 119 Å². The molecule has 3 N–H and O–H groups in total. The second-order valence-corrected chi connectivity index (χ2v) is 11.0. The number of halogens is 1. The molecule has 4 rings (SSSR count). The maximum atomic E-state index is 14.8. The third-order valence-electron chi connectivity index (χ3n) is 4.88. The fourth-order valence-electron chi connectivity index (χ4n) is 3.21. The number of sulfonamides is 1. The van der Waals surface area contributed by atoms with Crippen LogP contribution in [0.25, 0.3) is 10.2 Å². The van der Waals surface area contributed by atoms with E-state index in [9.17, 15) is 17.6 Å². The Labute approximate surface area is 221 Å². The van der Waals surface area contributed by atoms with Gasteiger partial charge < -0.3 is 20.1 Å². The van der Waals surface area contributed by atoms with Crippen molar-refractivity contribution < 1.29 is 27.1 Å². The Kier molecular flexibility index (Phi) is 8.41. The van der Waals surface area contributed by atoms with Crippen molar-refractivity contribution in [2.45, 2.75) is 10.6 Å². The van der Waals surface area contributed by atoms with Gasteiger partial charge in [0.15, 0.2) is 16.7 Å². The van der Waals surface area contributed by atoms with Crippen molar-refractivity contribution in [2.75, 3.05) is 19.2 Å². The first-order chi connectivity index (χ1) is 17.7. The molecule has 0 bridgehead atoms. The number of ether oxygens (including phenoxy) is 2. The number of thiocarbonyl (C=S) groups is 1. The van der Waals surface area contributed by atoms with E-state index in [4.69, 9.17) is 21.7 Å². The van der Waals surface area contributed by atoms with E-state index in [2.05, 4.69) is 20.3 Å². The molecule has 192 valence electrons. The first-order valence-electron chi connectivity index (χ1n) is 10.7. The largest absolute Gasteiger partial charge is 0.453 e. The highest BCUT2D eigenvalue weighted by Crippen LogP contribution is 2.37. The van der Waals surface area contributed by atoms with E-state index in [1.54, 1.807) is 0 Å². The summed E-state index contributed by atoms with van der Waals surface area (Å²) in [5, 5.41) is 5.35. The molecule has 1 amide bonds. The summed E-state index contributed by atoms with van der Waals surface area (Å²) in [6.45, 7) is -0.181. The number of carbonyl (C=O) groups is 1. The lowest BCUT2D eigenvalue weighted by molar-refractivity contribution is -0.119. The highest BCUT2D eigenvalue weighted by atomic mass is 32.2. The molecule has 0 aliphatic carbocycles. The van der Waals surface area contributed by atoms with Crippen molar-refractivity contribution in [1.82, 2.24) is 15.0 Å². The SMILES string of the molecule is COCNS(=O)(=O)c1cc2nccc(Oc3ccc(NC(=S)NC(=O)Cc4ccccc4)cc3F)c2s1. The predicted molar refractivity (Wildman–Crippen MR) is 143 cm³/mol. The summed E-state index contributed by atoms with van der Waals surface area (Å²) in [6.07, 6.45) is 1.59. The van der Waals surface area contributed by atoms with Crippen LogP contribution in [0.2, 0.25) is 0 Å². The highest BCUT2D eigenvalue weighted by Gasteiger charge is 2.20. The number of thiophene rings is 1. The number of methoxy groups -OCH3 is 1. The van der Waals surface area contributed by atoms with Gasteiger partial charge in [-0.15, -0.1) is 11.3 Å². The molecule has 0 aliphatic heterocycles. The number of pyridine rings is 1. The van der Waals surface area contributed by atoms with Gasteiger partial charge in [0.25, 0.3) is 10.0 Å². The third kappa shape index (κ3) is 6.84. The Morgan fingerprint density at radius 2 is 1.89 bits per heavy atom. The summed E-state index contributed by atoms with van der Waals surface area (Å²) < 4.78 is 52.9. The van der Waals surface area contributed by atoms with E-state index >= 15 is 0 Å². The number of hydrogen-bond donors (Lipinski definition) is 3. The van der Waals surface area contributed by atoms with Gasteiger partial charge >= 0.3 is 0 Å². The summed E-state index contributed by atoms with van der Waals surface area (Å²) >= 11 is 6.10. The van der Waals surface area contributed by atoms with Crippen LogP contribution >= 0.6 is 23.6 Å². The molecule has 0 radical (unpaired) electrons. The molecule has 2 aromatic carbocycles. The fourth-order valence-corrected chi connectivity index (χ4v) is 5.79. The molecule has 0 aliphatic rings. The quantitative estimate of drug-likeness (QED) is 0.206. The molecule has 2 aromatic heterocycles.